The zero-order valence-corrected chi connectivity index (χ0v) is 12.7. The number of hydrogen-bond donors (Lipinski definition) is 1. The third-order valence-electron chi connectivity index (χ3n) is 2.32. The molecule has 0 aliphatic heterocycles. The van der Waals surface area contributed by atoms with Gasteiger partial charge in [-0.15, -0.1) is 0 Å². The molecule has 0 saturated heterocycles. The number of nitriles is 1. The van der Waals surface area contributed by atoms with E-state index < -0.39 is 0 Å². The summed E-state index contributed by atoms with van der Waals surface area (Å²) in [6.45, 7) is 0. The minimum Gasteiger partial charge on any atom is -0.321 e. The Labute approximate surface area is 126 Å². The van der Waals surface area contributed by atoms with Crippen LogP contribution in [0.4, 0.5) is 5.69 Å². The molecule has 1 N–H and O–H groups in total. The number of nitrogens with zero attached hydrogens (tertiary/aromatic N) is 2. The molecular formula is C13H7Br2N3O. The van der Waals surface area contributed by atoms with Gasteiger partial charge in [0.25, 0.3) is 5.91 Å². The fraction of sp³-hybridized carbons (Fsp3) is 0. The van der Waals surface area contributed by atoms with Gasteiger partial charge >= 0.3 is 0 Å². The smallest absolute Gasteiger partial charge is 0.257 e. The van der Waals surface area contributed by atoms with Gasteiger partial charge in [-0.1, -0.05) is 15.9 Å². The van der Waals surface area contributed by atoms with Gasteiger partial charge in [0.05, 0.1) is 16.8 Å². The van der Waals surface area contributed by atoms with E-state index in [1.54, 1.807) is 30.5 Å². The second-order valence-corrected chi connectivity index (χ2v) is 5.48. The van der Waals surface area contributed by atoms with Crippen molar-refractivity contribution >= 4 is 43.5 Å². The molecule has 94 valence electrons. The van der Waals surface area contributed by atoms with E-state index in [1.165, 1.54) is 6.20 Å². The Bertz CT molecular complexity index is 680. The normalized spacial score (nSPS) is 9.74. The summed E-state index contributed by atoms with van der Waals surface area (Å²) in [5.41, 5.74) is 1.28. The molecule has 0 unspecified atom stereocenters. The first-order valence-electron chi connectivity index (χ1n) is 5.21. The highest BCUT2D eigenvalue weighted by Crippen LogP contribution is 2.21. The summed E-state index contributed by atoms with van der Waals surface area (Å²) in [6, 6.07) is 8.75. The number of anilines is 1. The van der Waals surface area contributed by atoms with Crippen LogP contribution in [0.5, 0.6) is 0 Å². The summed E-state index contributed by atoms with van der Waals surface area (Å²) in [6.07, 6.45) is 3.06. The van der Waals surface area contributed by atoms with Crippen LogP contribution in [0.1, 0.15) is 15.9 Å². The van der Waals surface area contributed by atoms with Crippen LogP contribution in [-0.2, 0) is 0 Å². The van der Waals surface area contributed by atoms with Gasteiger partial charge in [0.15, 0.2) is 0 Å². The topological polar surface area (TPSA) is 65.8 Å². The largest absolute Gasteiger partial charge is 0.321 e. The van der Waals surface area contributed by atoms with E-state index >= 15 is 0 Å². The lowest BCUT2D eigenvalue weighted by molar-refractivity contribution is 0.102. The molecule has 1 heterocycles. The van der Waals surface area contributed by atoms with Crippen LogP contribution >= 0.6 is 31.9 Å². The fourth-order valence-corrected chi connectivity index (χ4v) is 2.17. The summed E-state index contributed by atoms with van der Waals surface area (Å²) in [4.78, 5) is 16.0. The van der Waals surface area contributed by atoms with Crippen LogP contribution in [0.25, 0.3) is 0 Å². The Hall–Kier alpha value is -1.71. The molecule has 6 heteroatoms. The SMILES string of the molecule is N#Cc1ccc(Br)cc1NC(=O)c1cncc(Br)c1. The Kier molecular flexibility index (Phi) is 4.30. The Morgan fingerprint density at radius 2 is 2.00 bits per heavy atom. The number of carbonyl (C=O) groups excluding carboxylic acids is 1. The first kappa shape index (κ1) is 13.7. The first-order valence-corrected chi connectivity index (χ1v) is 6.80. The average molecular weight is 381 g/mol. The molecule has 2 aromatic rings. The summed E-state index contributed by atoms with van der Waals surface area (Å²) >= 11 is 6.56. The predicted molar refractivity (Wildman–Crippen MR) is 78.7 cm³/mol. The lowest BCUT2D eigenvalue weighted by Gasteiger charge is -2.07. The van der Waals surface area contributed by atoms with Crippen molar-refractivity contribution in [2.24, 2.45) is 0 Å². The monoisotopic (exact) mass is 379 g/mol. The maximum Gasteiger partial charge on any atom is 0.257 e. The molecule has 0 radical (unpaired) electrons. The van der Waals surface area contributed by atoms with Crippen molar-refractivity contribution in [1.82, 2.24) is 4.98 Å². The van der Waals surface area contributed by atoms with Crippen molar-refractivity contribution in [2.75, 3.05) is 5.32 Å². The molecule has 4 nitrogen and oxygen atoms in total. The number of nitrogens with one attached hydrogen (secondary N) is 1. The number of carbonyl (C=O) groups is 1. The van der Waals surface area contributed by atoms with Gasteiger partial charge in [-0.05, 0) is 40.2 Å². The third-order valence-corrected chi connectivity index (χ3v) is 3.24. The zero-order valence-electron chi connectivity index (χ0n) is 9.52. The lowest BCUT2D eigenvalue weighted by Crippen LogP contribution is -2.13. The molecule has 0 spiro atoms. The maximum atomic E-state index is 12.0. The van der Waals surface area contributed by atoms with Crippen molar-refractivity contribution in [3.8, 4) is 6.07 Å². The molecule has 1 amide bonds. The highest BCUT2D eigenvalue weighted by atomic mass is 79.9. The molecule has 0 saturated carbocycles. The molecule has 0 atom stereocenters. The molecule has 0 aliphatic rings. The van der Waals surface area contributed by atoms with Gasteiger partial charge < -0.3 is 5.32 Å². The minimum atomic E-state index is -0.316. The highest BCUT2D eigenvalue weighted by Gasteiger charge is 2.10. The quantitative estimate of drug-likeness (QED) is 0.863. The number of hydrogen-bond acceptors (Lipinski definition) is 3. The number of benzene rings is 1. The molecule has 0 bridgehead atoms. The predicted octanol–water partition coefficient (Wildman–Crippen LogP) is 3.73. The minimum absolute atomic E-state index is 0.316. The average Bonchev–Trinajstić information content (AvgIpc) is 2.39. The summed E-state index contributed by atoms with van der Waals surface area (Å²) in [5, 5.41) is 11.7. The molecule has 2 rings (SSSR count). The van der Waals surface area contributed by atoms with Crippen molar-refractivity contribution in [1.29, 1.82) is 5.26 Å². The van der Waals surface area contributed by atoms with Crippen molar-refractivity contribution in [3.63, 3.8) is 0 Å². The number of aromatic nitrogens is 1. The Morgan fingerprint density at radius 1 is 1.21 bits per heavy atom. The summed E-state index contributed by atoms with van der Waals surface area (Å²) in [7, 11) is 0. The highest BCUT2D eigenvalue weighted by molar-refractivity contribution is 9.10. The molecule has 19 heavy (non-hydrogen) atoms. The second kappa shape index (κ2) is 5.95. The van der Waals surface area contributed by atoms with Crippen molar-refractivity contribution < 1.29 is 4.79 Å². The van der Waals surface area contributed by atoms with Crippen LogP contribution < -0.4 is 5.32 Å². The number of halogens is 2. The fourth-order valence-electron chi connectivity index (χ4n) is 1.45. The number of rotatable bonds is 2. The number of pyridine rings is 1. The second-order valence-electron chi connectivity index (χ2n) is 3.65. The van der Waals surface area contributed by atoms with Crippen LogP contribution in [0.2, 0.25) is 0 Å². The number of amides is 1. The van der Waals surface area contributed by atoms with E-state index in [1.807, 2.05) is 6.07 Å². The van der Waals surface area contributed by atoms with Crippen LogP contribution in [0, 0.1) is 11.3 Å². The zero-order chi connectivity index (χ0) is 13.8. The lowest BCUT2D eigenvalue weighted by atomic mass is 10.2. The van der Waals surface area contributed by atoms with Gasteiger partial charge in [0, 0.05) is 21.3 Å². The van der Waals surface area contributed by atoms with E-state index in [2.05, 4.69) is 42.2 Å². The standard InChI is InChI=1S/C13H7Br2N3O/c14-10-2-1-8(5-16)12(4-10)18-13(19)9-3-11(15)7-17-6-9/h1-4,6-7H,(H,18,19). The Morgan fingerprint density at radius 3 is 2.68 bits per heavy atom. The molecular weight excluding hydrogens is 374 g/mol. The van der Waals surface area contributed by atoms with Crippen LogP contribution in [0.3, 0.4) is 0 Å². The molecule has 1 aromatic carbocycles. The van der Waals surface area contributed by atoms with E-state index in [-0.39, 0.29) is 5.91 Å². The van der Waals surface area contributed by atoms with E-state index in [0.29, 0.717) is 16.8 Å². The maximum absolute atomic E-state index is 12.0. The van der Waals surface area contributed by atoms with Crippen LogP contribution in [0.15, 0.2) is 45.6 Å². The van der Waals surface area contributed by atoms with Crippen molar-refractivity contribution in [2.45, 2.75) is 0 Å². The van der Waals surface area contributed by atoms with Crippen molar-refractivity contribution in [3.05, 3.63) is 56.7 Å². The van der Waals surface area contributed by atoms with E-state index in [4.69, 9.17) is 5.26 Å². The van der Waals surface area contributed by atoms with Gasteiger partial charge in [-0.3, -0.25) is 9.78 Å². The van der Waals surface area contributed by atoms with Crippen LogP contribution in [-0.4, -0.2) is 10.9 Å². The Balaban J connectivity index is 2.29. The van der Waals surface area contributed by atoms with E-state index in [0.717, 1.165) is 8.95 Å². The molecule has 1 aromatic heterocycles. The first-order chi connectivity index (χ1) is 9.10. The third kappa shape index (κ3) is 3.40. The molecule has 0 fully saturated rings. The summed E-state index contributed by atoms with van der Waals surface area (Å²) in [5.74, 6) is -0.316. The van der Waals surface area contributed by atoms with Gasteiger partial charge in [-0.2, -0.15) is 5.26 Å². The summed E-state index contributed by atoms with van der Waals surface area (Å²) < 4.78 is 1.50. The van der Waals surface area contributed by atoms with E-state index in [9.17, 15) is 4.79 Å². The van der Waals surface area contributed by atoms with Gasteiger partial charge in [0.1, 0.15) is 6.07 Å². The van der Waals surface area contributed by atoms with Gasteiger partial charge in [-0.25, -0.2) is 0 Å². The van der Waals surface area contributed by atoms with Gasteiger partial charge in [0.2, 0.25) is 0 Å². The molecule has 0 aliphatic carbocycles.